The predicted octanol–water partition coefficient (Wildman–Crippen LogP) is 2.63. The van der Waals surface area contributed by atoms with Crippen molar-refractivity contribution in [2.45, 2.75) is 7.43 Å². The van der Waals surface area contributed by atoms with Crippen LogP contribution in [0.5, 0.6) is 0 Å². The minimum Gasteiger partial charge on any atom is -0.478 e. The van der Waals surface area contributed by atoms with Crippen LogP contribution in [0, 0.1) is 3.57 Å². The van der Waals surface area contributed by atoms with Crippen molar-refractivity contribution in [3.05, 3.63) is 33.4 Å². The summed E-state index contributed by atoms with van der Waals surface area (Å²) < 4.78 is 0.942. The Hall–Kier alpha value is -0.580. The van der Waals surface area contributed by atoms with Crippen LogP contribution < -0.4 is 0 Å². The lowest BCUT2D eigenvalue weighted by molar-refractivity contribution is 0.0697. The Morgan fingerprint density at radius 2 is 2.09 bits per heavy atom. The van der Waals surface area contributed by atoms with Gasteiger partial charge in [0, 0.05) is 3.57 Å². The molecule has 0 saturated heterocycles. The number of benzene rings is 1. The van der Waals surface area contributed by atoms with E-state index in [-0.39, 0.29) is 7.43 Å². The van der Waals surface area contributed by atoms with Crippen LogP contribution in [-0.4, -0.2) is 11.1 Å². The van der Waals surface area contributed by atoms with Gasteiger partial charge in [0.15, 0.2) is 0 Å². The number of halogens is 1. The van der Waals surface area contributed by atoms with Crippen LogP contribution in [0.25, 0.3) is 0 Å². The standard InChI is InChI=1S/C7H5IO2.CH4/c8-6-3-1-2-5(4-6)7(9)10;/h1-4H,(H,9,10);1H4. The minimum atomic E-state index is -0.876. The first-order chi connectivity index (χ1) is 4.70. The molecule has 0 heterocycles. The first kappa shape index (κ1) is 10.4. The Kier molecular flexibility index (Phi) is 4.10. The first-order valence-electron chi connectivity index (χ1n) is 2.69. The third-order valence-electron chi connectivity index (χ3n) is 1.07. The highest BCUT2D eigenvalue weighted by atomic mass is 127. The third kappa shape index (κ3) is 2.88. The van der Waals surface area contributed by atoms with E-state index in [0.29, 0.717) is 5.56 Å². The smallest absolute Gasteiger partial charge is 0.335 e. The molecule has 0 aliphatic heterocycles. The second-order valence-electron chi connectivity index (χ2n) is 1.82. The van der Waals surface area contributed by atoms with E-state index in [1.165, 1.54) is 0 Å². The molecule has 0 aliphatic carbocycles. The van der Waals surface area contributed by atoms with Crippen molar-refractivity contribution in [3.8, 4) is 0 Å². The normalized spacial score (nSPS) is 8.45. The molecule has 3 heteroatoms. The molecule has 0 saturated carbocycles. The van der Waals surface area contributed by atoms with Crippen molar-refractivity contribution in [2.75, 3.05) is 0 Å². The molecule has 11 heavy (non-hydrogen) atoms. The third-order valence-corrected chi connectivity index (χ3v) is 1.74. The average Bonchev–Trinajstić information content (AvgIpc) is 1.88. The molecular formula is C8H9IO2. The highest BCUT2D eigenvalue weighted by molar-refractivity contribution is 14.1. The van der Waals surface area contributed by atoms with Crippen LogP contribution in [0.15, 0.2) is 24.3 Å². The van der Waals surface area contributed by atoms with Crippen LogP contribution >= 0.6 is 22.6 Å². The van der Waals surface area contributed by atoms with E-state index in [4.69, 9.17) is 5.11 Å². The summed E-state index contributed by atoms with van der Waals surface area (Å²) in [6.45, 7) is 0. The lowest BCUT2D eigenvalue weighted by atomic mass is 10.2. The van der Waals surface area contributed by atoms with Crippen LogP contribution in [0.2, 0.25) is 0 Å². The molecule has 0 atom stereocenters. The van der Waals surface area contributed by atoms with E-state index in [9.17, 15) is 4.79 Å². The zero-order valence-electron chi connectivity index (χ0n) is 5.04. The molecule has 1 aromatic rings. The van der Waals surface area contributed by atoms with Gasteiger partial charge in [-0.1, -0.05) is 13.5 Å². The van der Waals surface area contributed by atoms with Gasteiger partial charge in [-0.05, 0) is 40.8 Å². The van der Waals surface area contributed by atoms with Crippen LogP contribution in [0.4, 0.5) is 0 Å². The van der Waals surface area contributed by atoms with Crippen molar-refractivity contribution >= 4 is 28.6 Å². The maximum Gasteiger partial charge on any atom is 0.335 e. The number of carboxylic acids is 1. The number of hydrogen-bond acceptors (Lipinski definition) is 1. The molecule has 0 spiro atoms. The van der Waals surface area contributed by atoms with Gasteiger partial charge in [-0.15, -0.1) is 0 Å². The number of hydrogen-bond donors (Lipinski definition) is 1. The summed E-state index contributed by atoms with van der Waals surface area (Å²) in [6.07, 6.45) is 0. The maximum atomic E-state index is 10.3. The largest absolute Gasteiger partial charge is 0.478 e. The zero-order valence-corrected chi connectivity index (χ0v) is 7.20. The molecule has 0 radical (unpaired) electrons. The van der Waals surface area contributed by atoms with E-state index in [1.807, 2.05) is 6.07 Å². The van der Waals surface area contributed by atoms with Gasteiger partial charge in [-0.3, -0.25) is 0 Å². The lowest BCUT2D eigenvalue weighted by Crippen LogP contribution is -1.95. The van der Waals surface area contributed by atoms with Crippen LogP contribution in [-0.2, 0) is 0 Å². The molecule has 0 unspecified atom stereocenters. The molecule has 0 bridgehead atoms. The number of aromatic carboxylic acids is 1. The predicted molar refractivity (Wildman–Crippen MR) is 52.8 cm³/mol. The second kappa shape index (κ2) is 4.33. The van der Waals surface area contributed by atoms with E-state index in [2.05, 4.69) is 22.6 Å². The van der Waals surface area contributed by atoms with E-state index >= 15 is 0 Å². The van der Waals surface area contributed by atoms with Crippen molar-refractivity contribution in [1.82, 2.24) is 0 Å². The van der Waals surface area contributed by atoms with Crippen LogP contribution in [0.1, 0.15) is 17.8 Å². The summed E-state index contributed by atoms with van der Waals surface area (Å²) in [5.74, 6) is -0.876. The SMILES string of the molecule is C.O=C(O)c1cccc(I)c1. The minimum absolute atomic E-state index is 0. The molecule has 0 fully saturated rings. The highest BCUT2D eigenvalue weighted by Crippen LogP contribution is 2.06. The molecule has 1 aromatic carbocycles. The fraction of sp³-hybridized carbons (Fsp3) is 0.125. The summed E-state index contributed by atoms with van der Waals surface area (Å²) in [6, 6.07) is 6.78. The summed E-state index contributed by atoms with van der Waals surface area (Å²) in [7, 11) is 0. The summed E-state index contributed by atoms with van der Waals surface area (Å²) in [4.78, 5) is 10.3. The van der Waals surface area contributed by atoms with Crippen molar-refractivity contribution in [2.24, 2.45) is 0 Å². The summed E-state index contributed by atoms with van der Waals surface area (Å²) >= 11 is 2.08. The highest BCUT2D eigenvalue weighted by Gasteiger charge is 1.99. The van der Waals surface area contributed by atoms with Crippen molar-refractivity contribution in [1.29, 1.82) is 0 Å². The van der Waals surface area contributed by atoms with Gasteiger partial charge < -0.3 is 5.11 Å². The molecule has 1 N–H and O–H groups in total. The Bertz CT molecular complexity index is 258. The maximum absolute atomic E-state index is 10.3. The monoisotopic (exact) mass is 264 g/mol. The summed E-state index contributed by atoms with van der Waals surface area (Å²) in [5.41, 5.74) is 0.340. The van der Waals surface area contributed by atoms with E-state index < -0.39 is 5.97 Å². The number of rotatable bonds is 1. The Labute approximate surface area is 79.4 Å². The summed E-state index contributed by atoms with van der Waals surface area (Å²) in [5, 5.41) is 8.51. The quantitative estimate of drug-likeness (QED) is 0.791. The van der Waals surface area contributed by atoms with Gasteiger partial charge in [0.2, 0.25) is 0 Å². The zero-order chi connectivity index (χ0) is 7.56. The fourth-order valence-electron chi connectivity index (χ4n) is 0.622. The Balaban J connectivity index is 0.000001000. The molecule has 0 amide bonds. The first-order valence-corrected chi connectivity index (χ1v) is 3.77. The molecule has 0 aliphatic rings. The topological polar surface area (TPSA) is 37.3 Å². The molecule has 60 valence electrons. The molecular weight excluding hydrogens is 255 g/mol. The Morgan fingerprint density at radius 3 is 2.45 bits per heavy atom. The second-order valence-corrected chi connectivity index (χ2v) is 3.06. The molecule has 0 aromatic heterocycles. The van der Waals surface area contributed by atoms with Crippen LogP contribution in [0.3, 0.4) is 0 Å². The molecule has 2 nitrogen and oxygen atoms in total. The van der Waals surface area contributed by atoms with Crippen molar-refractivity contribution < 1.29 is 9.90 Å². The van der Waals surface area contributed by atoms with Gasteiger partial charge in [0.1, 0.15) is 0 Å². The lowest BCUT2D eigenvalue weighted by Gasteiger charge is -1.92. The average molecular weight is 264 g/mol. The van der Waals surface area contributed by atoms with Crippen molar-refractivity contribution in [3.63, 3.8) is 0 Å². The van der Waals surface area contributed by atoms with Gasteiger partial charge >= 0.3 is 5.97 Å². The van der Waals surface area contributed by atoms with Gasteiger partial charge in [-0.2, -0.15) is 0 Å². The van der Waals surface area contributed by atoms with E-state index in [1.54, 1.807) is 18.2 Å². The Morgan fingerprint density at radius 1 is 1.45 bits per heavy atom. The van der Waals surface area contributed by atoms with Gasteiger partial charge in [0.05, 0.1) is 5.56 Å². The van der Waals surface area contributed by atoms with E-state index in [0.717, 1.165) is 3.57 Å². The fourth-order valence-corrected chi connectivity index (χ4v) is 1.16. The molecule has 1 rings (SSSR count). The van der Waals surface area contributed by atoms with Gasteiger partial charge in [-0.25, -0.2) is 4.79 Å². The number of carbonyl (C=O) groups is 1. The number of carboxylic acid groups (broad SMARTS) is 1. The van der Waals surface area contributed by atoms with Gasteiger partial charge in [0.25, 0.3) is 0 Å².